The highest BCUT2D eigenvalue weighted by molar-refractivity contribution is 5.48. The maximum Gasteiger partial charge on any atom is 0.0717 e. The topological polar surface area (TPSA) is 12.5 Å². The number of anilines is 1. The molecule has 1 spiro atoms. The molecule has 0 radical (unpaired) electrons. The first-order valence-electron chi connectivity index (χ1n) is 11.1. The zero-order chi connectivity index (χ0) is 20.4. The van der Waals surface area contributed by atoms with Crippen LogP contribution >= 0.6 is 0 Å². The Balaban J connectivity index is 0.000000216. The normalized spacial score (nSPS) is 17.4. The summed E-state index contributed by atoms with van der Waals surface area (Å²) in [6.45, 7) is 13.7. The Kier molecular flexibility index (Phi) is 9.05. The standard InChI is InChI=1S/C15H21NO.C9H12.C2H6/c1-13-3-5-14(6-4-13)16-10-8-15(9-11-16)7-2-12-17-15;1-3-9-6-4-8(2)5-7-9;1-2/h3-6H,2,7-12H2,1H3;4-7H,3H2,1-2H3;1-2H3. The van der Waals surface area contributed by atoms with Gasteiger partial charge in [-0.1, -0.05) is 68.3 Å². The molecular weight excluding hydrogens is 342 g/mol. The van der Waals surface area contributed by atoms with Gasteiger partial charge in [0.1, 0.15) is 0 Å². The molecule has 2 aromatic rings. The van der Waals surface area contributed by atoms with Gasteiger partial charge in [0, 0.05) is 25.4 Å². The lowest BCUT2D eigenvalue weighted by atomic mass is 9.88. The molecule has 2 nitrogen and oxygen atoms in total. The number of hydrogen-bond acceptors (Lipinski definition) is 2. The average Bonchev–Trinajstić information content (AvgIpc) is 3.20. The molecule has 0 aliphatic carbocycles. The van der Waals surface area contributed by atoms with Crippen molar-refractivity contribution < 1.29 is 4.74 Å². The van der Waals surface area contributed by atoms with Crippen molar-refractivity contribution in [1.29, 1.82) is 0 Å². The van der Waals surface area contributed by atoms with E-state index >= 15 is 0 Å². The predicted molar refractivity (Wildman–Crippen MR) is 122 cm³/mol. The minimum Gasteiger partial charge on any atom is -0.375 e. The summed E-state index contributed by atoms with van der Waals surface area (Å²) in [6, 6.07) is 17.5. The molecule has 4 rings (SSSR count). The minimum absolute atomic E-state index is 0.237. The Bertz CT molecular complexity index is 659. The van der Waals surface area contributed by atoms with Crippen molar-refractivity contribution in [2.24, 2.45) is 0 Å². The lowest BCUT2D eigenvalue weighted by Crippen LogP contribution is -2.44. The van der Waals surface area contributed by atoms with Gasteiger partial charge in [-0.3, -0.25) is 0 Å². The molecule has 0 bridgehead atoms. The molecule has 2 heterocycles. The predicted octanol–water partition coefficient (Wildman–Crippen LogP) is 6.73. The van der Waals surface area contributed by atoms with E-state index in [1.807, 2.05) is 13.8 Å². The molecule has 154 valence electrons. The molecular formula is C26H39NO. The number of aryl methyl sites for hydroxylation is 3. The lowest BCUT2D eigenvalue weighted by molar-refractivity contribution is -0.0146. The molecule has 0 N–H and O–H groups in total. The zero-order valence-electron chi connectivity index (χ0n) is 18.6. The molecule has 2 saturated heterocycles. The van der Waals surface area contributed by atoms with Gasteiger partial charge >= 0.3 is 0 Å². The number of hydrogen-bond donors (Lipinski definition) is 0. The number of piperidine rings is 1. The Hall–Kier alpha value is -1.80. The summed E-state index contributed by atoms with van der Waals surface area (Å²) in [5.74, 6) is 0. The van der Waals surface area contributed by atoms with Crippen LogP contribution in [-0.2, 0) is 11.2 Å². The number of benzene rings is 2. The molecule has 0 saturated carbocycles. The first kappa shape index (κ1) is 22.5. The third kappa shape index (κ3) is 6.38. The molecule has 28 heavy (non-hydrogen) atoms. The van der Waals surface area contributed by atoms with Gasteiger partial charge in [-0.2, -0.15) is 0 Å². The largest absolute Gasteiger partial charge is 0.375 e. The highest BCUT2D eigenvalue weighted by Crippen LogP contribution is 2.36. The smallest absolute Gasteiger partial charge is 0.0717 e. The molecule has 2 aliphatic rings. The number of ether oxygens (including phenoxy) is 1. The molecule has 2 aliphatic heterocycles. The van der Waals surface area contributed by atoms with Gasteiger partial charge in [0.25, 0.3) is 0 Å². The van der Waals surface area contributed by atoms with Crippen LogP contribution in [0.5, 0.6) is 0 Å². The number of rotatable bonds is 2. The number of nitrogens with zero attached hydrogens (tertiary/aromatic N) is 1. The fourth-order valence-electron chi connectivity index (χ4n) is 3.90. The molecule has 0 aromatic heterocycles. The SMILES string of the molecule is CC.CCc1ccc(C)cc1.Cc1ccc(N2CCC3(CCCO3)CC2)cc1. The van der Waals surface area contributed by atoms with Crippen molar-refractivity contribution in [3.8, 4) is 0 Å². The van der Waals surface area contributed by atoms with Crippen LogP contribution in [0.1, 0.15) is 63.1 Å². The maximum absolute atomic E-state index is 5.96. The van der Waals surface area contributed by atoms with Crippen molar-refractivity contribution in [3.63, 3.8) is 0 Å². The van der Waals surface area contributed by atoms with Gasteiger partial charge in [0.15, 0.2) is 0 Å². The summed E-state index contributed by atoms with van der Waals surface area (Å²) >= 11 is 0. The van der Waals surface area contributed by atoms with E-state index in [-0.39, 0.29) is 5.60 Å². The second-order valence-electron chi connectivity index (χ2n) is 7.80. The Morgan fingerprint density at radius 2 is 1.36 bits per heavy atom. The average molecular weight is 382 g/mol. The highest BCUT2D eigenvalue weighted by atomic mass is 16.5. The third-order valence-corrected chi connectivity index (χ3v) is 5.79. The summed E-state index contributed by atoms with van der Waals surface area (Å²) in [6.07, 6.45) is 6.06. The first-order chi connectivity index (χ1) is 13.6. The molecule has 2 aromatic carbocycles. The van der Waals surface area contributed by atoms with Gasteiger partial charge < -0.3 is 9.64 Å². The van der Waals surface area contributed by atoms with Gasteiger partial charge in [-0.05, 0) is 63.6 Å². The van der Waals surface area contributed by atoms with E-state index in [9.17, 15) is 0 Å². The van der Waals surface area contributed by atoms with E-state index < -0.39 is 0 Å². The van der Waals surface area contributed by atoms with E-state index in [4.69, 9.17) is 4.74 Å². The van der Waals surface area contributed by atoms with Gasteiger partial charge in [-0.25, -0.2) is 0 Å². The van der Waals surface area contributed by atoms with Gasteiger partial charge in [0.2, 0.25) is 0 Å². The van der Waals surface area contributed by atoms with Crippen molar-refractivity contribution in [2.75, 3.05) is 24.6 Å². The second-order valence-corrected chi connectivity index (χ2v) is 7.80. The van der Waals surface area contributed by atoms with E-state index in [1.165, 1.54) is 48.1 Å². The van der Waals surface area contributed by atoms with Crippen molar-refractivity contribution in [2.45, 2.75) is 72.3 Å². The Morgan fingerprint density at radius 1 is 0.821 bits per heavy atom. The van der Waals surface area contributed by atoms with Gasteiger partial charge in [-0.15, -0.1) is 0 Å². The van der Waals surface area contributed by atoms with Crippen LogP contribution in [0.2, 0.25) is 0 Å². The van der Waals surface area contributed by atoms with Crippen LogP contribution in [0.4, 0.5) is 5.69 Å². The highest BCUT2D eigenvalue weighted by Gasteiger charge is 2.38. The molecule has 2 heteroatoms. The van der Waals surface area contributed by atoms with Crippen LogP contribution in [0.15, 0.2) is 48.5 Å². The fraction of sp³-hybridized carbons (Fsp3) is 0.538. The maximum atomic E-state index is 5.96. The van der Waals surface area contributed by atoms with Crippen LogP contribution in [0.3, 0.4) is 0 Å². The van der Waals surface area contributed by atoms with Crippen molar-refractivity contribution >= 4 is 5.69 Å². The summed E-state index contributed by atoms with van der Waals surface area (Å²) in [5.41, 5.74) is 5.69. The molecule has 0 atom stereocenters. The van der Waals surface area contributed by atoms with E-state index in [0.29, 0.717) is 0 Å². The zero-order valence-corrected chi connectivity index (χ0v) is 18.6. The molecule has 0 unspecified atom stereocenters. The fourth-order valence-corrected chi connectivity index (χ4v) is 3.90. The molecule has 0 amide bonds. The minimum atomic E-state index is 0.237. The summed E-state index contributed by atoms with van der Waals surface area (Å²) in [4.78, 5) is 2.49. The quantitative estimate of drug-likeness (QED) is 0.572. The summed E-state index contributed by atoms with van der Waals surface area (Å²) < 4.78 is 5.96. The second kappa shape index (κ2) is 11.3. The Morgan fingerprint density at radius 3 is 1.82 bits per heavy atom. The summed E-state index contributed by atoms with van der Waals surface area (Å²) in [5, 5.41) is 0. The molecule has 2 fully saturated rings. The first-order valence-corrected chi connectivity index (χ1v) is 11.1. The van der Waals surface area contributed by atoms with Crippen LogP contribution < -0.4 is 4.90 Å². The van der Waals surface area contributed by atoms with Crippen LogP contribution in [0.25, 0.3) is 0 Å². The summed E-state index contributed by atoms with van der Waals surface area (Å²) in [7, 11) is 0. The third-order valence-electron chi connectivity index (χ3n) is 5.79. The van der Waals surface area contributed by atoms with Crippen molar-refractivity contribution in [3.05, 3.63) is 65.2 Å². The lowest BCUT2D eigenvalue weighted by Gasteiger charge is -2.39. The Labute approximate surface area is 172 Å². The van der Waals surface area contributed by atoms with Crippen molar-refractivity contribution in [1.82, 2.24) is 0 Å². The van der Waals surface area contributed by atoms with Crippen LogP contribution in [-0.4, -0.2) is 25.3 Å². The van der Waals surface area contributed by atoms with E-state index in [2.05, 4.69) is 74.2 Å². The van der Waals surface area contributed by atoms with Gasteiger partial charge in [0.05, 0.1) is 5.60 Å². The van der Waals surface area contributed by atoms with E-state index in [1.54, 1.807) is 0 Å². The van der Waals surface area contributed by atoms with Crippen LogP contribution in [0, 0.1) is 13.8 Å². The monoisotopic (exact) mass is 381 g/mol. The van der Waals surface area contributed by atoms with E-state index in [0.717, 1.165) is 26.1 Å².